The Morgan fingerprint density at radius 1 is 1.14 bits per heavy atom. The van der Waals surface area contributed by atoms with Gasteiger partial charge in [0.15, 0.2) is 0 Å². The summed E-state index contributed by atoms with van der Waals surface area (Å²) in [5.74, 6) is 6.12. The van der Waals surface area contributed by atoms with Crippen molar-refractivity contribution in [1.82, 2.24) is 30.1 Å². The first kappa shape index (κ1) is 29.2. The molecule has 10 nitrogen and oxygen atoms in total. The first-order valence-corrected chi connectivity index (χ1v) is 12.1. The summed E-state index contributed by atoms with van der Waals surface area (Å²) in [6.45, 7) is 3.88. The Morgan fingerprint density at radius 3 is 2.65 bits per heavy atom. The molecule has 0 saturated carbocycles. The molecule has 0 spiro atoms. The third-order valence-corrected chi connectivity index (χ3v) is 4.83. The Bertz CT molecular complexity index is 1110. The zero-order chi connectivity index (χ0) is 27.0. The highest BCUT2D eigenvalue weighted by Crippen LogP contribution is 2.17. The highest BCUT2D eigenvalue weighted by Gasteiger charge is 2.10. The summed E-state index contributed by atoms with van der Waals surface area (Å²) in [6, 6.07) is 2.81. The van der Waals surface area contributed by atoms with Gasteiger partial charge in [0.25, 0.3) is 0 Å². The summed E-state index contributed by atoms with van der Waals surface area (Å²) >= 11 is 0. The fourth-order valence-electron chi connectivity index (χ4n) is 2.89. The van der Waals surface area contributed by atoms with E-state index in [1.807, 2.05) is 25.9 Å². The number of amides is 2. The minimum Gasteiger partial charge on any atom is -0.369 e. The molecule has 0 unspecified atom stereocenters. The fraction of sp³-hybridized carbons (Fsp3) is 0.423. The SMILES string of the molecule is CCCNc1nc(Nc2ccc(F)nc2)ncc1C#CCCCNC(=O)CN(C)C(=O)/C=C/CN(C)C. The van der Waals surface area contributed by atoms with Crippen LogP contribution >= 0.6 is 0 Å². The molecule has 0 bridgehead atoms. The summed E-state index contributed by atoms with van der Waals surface area (Å²) < 4.78 is 13.0. The van der Waals surface area contributed by atoms with E-state index in [4.69, 9.17) is 0 Å². The Labute approximate surface area is 217 Å². The molecule has 2 amide bonds. The maximum absolute atomic E-state index is 13.0. The number of unbranched alkanes of at least 4 members (excludes halogenated alkanes) is 1. The third kappa shape index (κ3) is 11.5. The number of aromatic nitrogens is 3. The summed E-state index contributed by atoms with van der Waals surface area (Å²) in [4.78, 5) is 39.8. The smallest absolute Gasteiger partial charge is 0.246 e. The van der Waals surface area contributed by atoms with Crippen molar-refractivity contribution in [3.63, 3.8) is 0 Å². The molecule has 3 N–H and O–H groups in total. The van der Waals surface area contributed by atoms with Gasteiger partial charge < -0.3 is 25.8 Å². The van der Waals surface area contributed by atoms with Crippen LogP contribution in [0.4, 0.5) is 21.8 Å². The van der Waals surface area contributed by atoms with Gasteiger partial charge >= 0.3 is 0 Å². The molecule has 0 aliphatic heterocycles. The van der Waals surface area contributed by atoms with Gasteiger partial charge in [0.1, 0.15) is 5.82 Å². The highest BCUT2D eigenvalue weighted by atomic mass is 19.1. The quantitative estimate of drug-likeness (QED) is 0.163. The van der Waals surface area contributed by atoms with Crippen LogP contribution in [-0.2, 0) is 9.59 Å². The van der Waals surface area contributed by atoms with E-state index in [-0.39, 0.29) is 18.4 Å². The van der Waals surface area contributed by atoms with Crippen molar-refractivity contribution in [3.05, 3.63) is 48.2 Å². The van der Waals surface area contributed by atoms with E-state index < -0.39 is 5.95 Å². The van der Waals surface area contributed by atoms with E-state index in [0.717, 1.165) is 13.0 Å². The molecule has 0 aromatic carbocycles. The monoisotopic (exact) mass is 510 g/mol. The Kier molecular flexibility index (Phi) is 12.5. The van der Waals surface area contributed by atoms with E-state index in [1.54, 1.807) is 25.4 Å². The van der Waals surface area contributed by atoms with Gasteiger partial charge in [-0.25, -0.2) is 9.97 Å². The molecule has 2 heterocycles. The van der Waals surface area contributed by atoms with Crippen molar-refractivity contribution in [2.45, 2.75) is 26.2 Å². The molecule has 0 radical (unpaired) electrons. The lowest BCUT2D eigenvalue weighted by Gasteiger charge is -2.14. The predicted octanol–water partition coefficient (Wildman–Crippen LogP) is 2.40. The number of carbonyl (C=O) groups is 2. The van der Waals surface area contributed by atoms with Gasteiger partial charge in [-0.05, 0) is 39.1 Å². The number of carbonyl (C=O) groups excluding carboxylic acids is 2. The van der Waals surface area contributed by atoms with Crippen molar-refractivity contribution in [2.75, 3.05) is 58.0 Å². The van der Waals surface area contributed by atoms with Crippen LogP contribution in [0, 0.1) is 17.8 Å². The maximum atomic E-state index is 13.0. The number of rotatable bonds is 13. The summed E-state index contributed by atoms with van der Waals surface area (Å²) in [7, 11) is 5.42. The molecule has 0 aliphatic carbocycles. The second-order valence-electron chi connectivity index (χ2n) is 8.49. The van der Waals surface area contributed by atoms with Crippen LogP contribution in [-0.4, -0.2) is 83.9 Å². The summed E-state index contributed by atoms with van der Waals surface area (Å²) in [5.41, 5.74) is 1.22. The lowest BCUT2D eigenvalue weighted by molar-refractivity contribution is -0.131. The molecule has 198 valence electrons. The number of anilines is 3. The molecule has 0 aliphatic rings. The van der Waals surface area contributed by atoms with Crippen LogP contribution in [0.5, 0.6) is 0 Å². The number of hydrogen-bond donors (Lipinski definition) is 3. The van der Waals surface area contributed by atoms with Gasteiger partial charge in [-0.1, -0.05) is 24.8 Å². The summed E-state index contributed by atoms with van der Waals surface area (Å²) in [5, 5.41) is 9.05. The van der Waals surface area contributed by atoms with Crippen LogP contribution in [0.25, 0.3) is 0 Å². The first-order valence-electron chi connectivity index (χ1n) is 12.1. The van der Waals surface area contributed by atoms with E-state index in [1.165, 1.54) is 23.2 Å². The van der Waals surface area contributed by atoms with Crippen molar-refractivity contribution >= 4 is 29.3 Å². The normalized spacial score (nSPS) is 10.6. The van der Waals surface area contributed by atoms with E-state index in [9.17, 15) is 14.0 Å². The third-order valence-electron chi connectivity index (χ3n) is 4.83. The van der Waals surface area contributed by atoms with Gasteiger partial charge in [-0.15, -0.1) is 0 Å². The van der Waals surface area contributed by atoms with Crippen LogP contribution in [0.3, 0.4) is 0 Å². The maximum Gasteiger partial charge on any atom is 0.246 e. The number of nitrogens with one attached hydrogen (secondary N) is 3. The summed E-state index contributed by atoms with van der Waals surface area (Å²) in [6.07, 6.45) is 8.36. The van der Waals surface area contributed by atoms with Crippen LogP contribution in [0.15, 0.2) is 36.7 Å². The minimum atomic E-state index is -0.562. The zero-order valence-electron chi connectivity index (χ0n) is 21.8. The van der Waals surface area contributed by atoms with E-state index in [2.05, 4.69) is 42.7 Å². The second-order valence-corrected chi connectivity index (χ2v) is 8.49. The topological polar surface area (TPSA) is 115 Å². The highest BCUT2D eigenvalue weighted by molar-refractivity contribution is 5.91. The second kappa shape index (κ2) is 15.9. The van der Waals surface area contributed by atoms with Crippen LogP contribution in [0.1, 0.15) is 31.7 Å². The number of halogens is 1. The van der Waals surface area contributed by atoms with E-state index >= 15 is 0 Å². The van der Waals surface area contributed by atoms with Crippen molar-refractivity contribution < 1.29 is 14.0 Å². The van der Waals surface area contributed by atoms with Crippen LogP contribution < -0.4 is 16.0 Å². The standard InChI is InChI=1S/C26H35FN8O2/c1-5-14-29-25-20(17-31-26(33-25)32-21-12-13-22(27)30-18-21)10-7-6-8-15-28-23(36)19-35(4)24(37)11-9-16-34(2)3/h9,11-13,17-18H,5-6,8,14-16,19H2,1-4H3,(H,28,36)(H2,29,31,32,33)/b11-9+. The fourth-order valence-corrected chi connectivity index (χ4v) is 2.89. The number of likely N-dealkylation sites (N-methyl/N-ethyl adjacent to an activating group) is 2. The van der Waals surface area contributed by atoms with Gasteiger partial charge in [0.05, 0.1) is 30.2 Å². The van der Waals surface area contributed by atoms with Crippen LogP contribution in [0.2, 0.25) is 0 Å². The lowest BCUT2D eigenvalue weighted by Crippen LogP contribution is -2.38. The average Bonchev–Trinajstić information content (AvgIpc) is 2.86. The van der Waals surface area contributed by atoms with Crippen molar-refractivity contribution in [2.24, 2.45) is 0 Å². The van der Waals surface area contributed by atoms with Crippen molar-refractivity contribution in [1.29, 1.82) is 0 Å². The number of hydrogen-bond acceptors (Lipinski definition) is 8. The average molecular weight is 511 g/mol. The van der Waals surface area contributed by atoms with E-state index in [0.29, 0.717) is 48.9 Å². The molecule has 2 aromatic rings. The number of nitrogens with zero attached hydrogens (tertiary/aromatic N) is 5. The Balaban J connectivity index is 1.82. The van der Waals surface area contributed by atoms with Gasteiger partial charge in [-0.2, -0.15) is 9.37 Å². The molecule has 0 fully saturated rings. The predicted molar refractivity (Wildman–Crippen MR) is 143 cm³/mol. The molecular formula is C26H35FN8O2. The molecule has 0 saturated heterocycles. The molecule has 37 heavy (non-hydrogen) atoms. The number of pyridine rings is 1. The lowest BCUT2D eigenvalue weighted by atomic mass is 10.2. The van der Waals surface area contributed by atoms with Crippen molar-refractivity contribution in [3.8, 4) is 11.8 Å². The first-order chi connectivity index (χ1) is 17.8. The molecular weight excluding hydrogens is 475 g/mol. The van der Waals surface area contributed by atoms with Gasteiger partial charge in [-0.3, -0.25) is 9.59 Å². The molecule has 2 rings (SSSR count). The zero-order valence-corrected chi connectivity index (χ0v) is 21.8. The molecule has 2 aromatic heterocycles. The minimum absolute atomic E-state index is 0.00498. The van der Waals surface area contributed by atoms with Gasteiger partial charge in [0.2, 0.25) is 23.7 Å². The molecule has 0 atom stereocenters. The molecule has 11 heteroatoms. The van der Waals surface area contributed by atoms with Gasteiger partial charge in [0, 0.05) is 39.2 Å². The Hall–Kier alpha value is -4.04. The Morgan fingerprint density at radius 2 is 1.95 bits per heavy atom. The largest absolute Gasteiger partial charge is 0.369 e.